The van der Waals surface area contributed by atoms with Gasteiger partial charge in [-0.2, -0.15) is 29.8 Å². The average molecular weight is 367 g/mol. The fraction of sp³-hybridized carbons (Fsp3) is 0.0667. The minimum atomic E-state index is -4.51. The van der Waals surface area contributed by atoms with Crippen LogP contribution >= 0.6 is 22.9 Å². The van der Waals surface area contributed by atoms with Crippen molar-refractivity contribution in [1.82, 2.24) is 4.37 Å². The molecule has 2 aromatic heterocycles. The maximum absolute atomic E-state index is 13.1. The molecule has 0 radical (unpaired) electrons. The van der Waals surface area contributed by atoms with E-state index in [1.807, 2.05) is 0 Å². The Balaban J connectivity index is 2.08. The number of halogens is 3. The highest BCUT2D eigenvalue weighted by molar-refractivity contribution is 7.10. The van der Waals surface area contributed by atoms with Crippen molar-refractivity contribution in [1.29, 1.82) is 5.26 Å². The predicted octanol–water partition coefficient (Wildman–Crippen LogP) is 4.80. The largest absolute Gasteiger partial charge is 0.416 e. The monoisotopic (exact) mass is 367 g/mol. The van der Waals surface area contributed by atoms with Gasteiger partial charge in [-0.1, -0.05) is 0 Å². The van der Waals surface area contributed by atoms with E-state index in [2.05, 4.69) is 9.69 Å². The second-order valence-corrected chi connectivity index (χ2v) is 6.38. The minimum absolute atomic E-state index is 0.151. The van der Waals surface area contributed by atoms with E-state index in [0.29, 0.717) is 11.1 Å². The van der Waals surface area contributed by atoms with E-state index in [0.717, 1.165) is 23.7 Å². The highest BCUT2D eigenvalue weighted by Gasteiger charge is 2.31. The maximum Gasteiger partial charge on any atom is 0.416 e. The van der Waals surface area contributed by atoms with Crippen molar-refractivity contribution >= 4 is 33.6 Å². The molecule has 0 fully saturated rings. The summed E-state index contributed by atoms with van der Waals surface area (Å²) in [6.45, 7) is 0. The van der Waals surface area contributed by atoms with Gasteiger partial charge in [-0.25, -0.2) is 0 Å². The molecule has 2 heterocycles. The molecule has 122 valence electrons. The molecule has 0 amide bonds. The number of benzene rings is 1. The van der Waals surface area contributed by atoms with E-state index in [9.17, 15) is 18.0 Å². The molecule has 0 atom stereocenters. The number of hydrogen-bond donors (Lipinski definition) is 2. The van der Waals surface area contributed by atoms with Crippen molar-refractivity contribution in [3.63, 3.8) is 0 Å². The topological polar surface area (TPSA) is 68.7 Å². The second-order valence-electron chi connectivity index (χ2n) is 4.78. The number of rotatable bonds is 3. The SMILES string of the molecule is N#Cc1c(Nc2cc(-c3ccsc3)cc(C(F)(F)F)c2)s[nH]c1=O. The van der Waals surface area contributed by atoms with E-state index in [1.54, 1.807) is 29.0 Å². The molecule has 3 rings (SSSR count). The van der Waals surface area contributed by atoms with E-state index in [1.165, 1.54) is 11.3 Å². The van der Waals surface area contributed by atoms with Crippen molar-refractivity contribution in [3.05, 3.63) is 56.5 Å². The first-order valence-corrected chi connectivity index (χ1v) is 8.28. The molecule has 2 N–H and O–H groups in total. The Kier molecular flexibility index (Phi) is 4.17. The van der Waals surface area contributed by atoms with Crippen LogP contribution in [-0.4, -0.2) is 4.37 Å². The minimum Gasteiger partial charge on any atom is -0.345 e. The first-order chi connectivity index (χ1) is 11.4. The third-order valence-corrected chi connectivity index (χ3v) is 4.67. The van der Waals surface area contributed by atoms with Crippen molar-refractivity contribution < 1.29 is 13.2 Å². The van der Waals surface area contributed by atoms with Crippen LogP contribution < -0.4 is 10.9 Å². The number of aromatic nitrogens is 1. The molecule has 0 aliphatic carbocycles. The number of hydrogen-bond acceptors (Lipinski definition) is 5. The molecule has 1 aromatic carbocycles. The van der Waals surface area contributed by atoms with Gasteiger partial charge in [0.05, 0.1) is 5.56 Å². The lowest BCUT2D eigenvalue weighted by Gasteiger charge is -2.12. The quantitative estimate of drug-likeness (QED) is 0.699. The third-order valence-electron chi connectivity index (χ3n) is 3.18. The molecule has 0 saturated heterocycles. The summed E-state index contributed by atoms with van der Waals surface area (Å²) in [4.78, 5) is 11.5. The highest BCUT2D eigenvalue weighted by atomic mass is 32.1. The predicted molar refractivity (Wildman–Crippen MR) is 87.7 cm³/mol. The van der Waals surface area contributed by atoms with Crippen LogP contribution in [0.5, 0.6) is 0 Å². The number of aromatic amines is 1. The van der Waals surface area contributed by atoms with Gasteiger partial charge < -0.3 is 5.32 Å². The first kappa shape index (κ1) is 16.3. The summed E-state index contributed by atoms with van der Waals surface area (Å²) in [6, 6.07) is 7.01. The van der Waals surface area contributed by atoms with Gasteiger partial charge in [0, 0.05) is 5.69 Å². The molecule has 9 heteroatoms. The fourth-order valence-electron chi connectivity index (χ4n) is 2.08. The molecule has 0 aliphatic heterocycles. The third kappa shape index (κ3) is 3.20. The lowest BCUT2D eigenvalue weighted by molar-refractivity contribution is -0.137. The molecule has 0 saturated carbocycles. The zero-order valence-electron chi connectivity index (χ0n) is 11.8. The Morgan fingerprint density at radius 1 is 1.21 bits per heavy atom. The van der Waals surface area contributed by atoms with Gasteiger partial charge in [-0.05, 0) is 57.7 Å². The molecular weight excluding hydrogens is 359 g/mol. The van der Waals surface area contributed by atoms with Gasteiger partial charge in [-0.15, -0.1) is 0 Å². The Morgan fingerprint density at radius 2 is 2.00 bits per heavy atom. The van der Waals surface area contributed by atoms with Crippen LogP contribution in [0.2, 0.25) is 0 Å². The summed E-state index contributed by atoms with van der Waals surface area (Å²) < 4.78 is 41.8. The maximum atomic E-state index is 13.1. The van der Waals surface area contributed by atoms with Crippen molar-refractivity contribution in [3.8, 4) is 17.2 Å². The summed E-state index contributed by atoms with van der Waals surface area (Å²) >= 11 is 2.24. The zero-order chi connectivity index (χ0) is 17.3. The number of nitrogens with one attached hydrogen (secondary N) is 2. The first-order valence-electron chi connectivity index (χ1n) is 6.52. The number of anilines is 2. The summed E-state index contributed by atoms with van der Waals surface area (Å²) in [7, 11) is 0. The highest BCUT2D eigenvalue weighted by Crippen LogP contribution is 2.36. The van der Waals surface area contributed by atoms with Crippen LogP contribution in [0.3, 0.4) is 0 Å². The Hall–Kier alpha value is -2.57. The molecular formula is C15H8F3N3OS2. The summed E-state index contributed by atoms with van der Waals surface area (Å²) in [5.74, 6) is 0. The number of alkyl halides is 3. The van der Waals surface area contributed by atoms with Crippen molar-refractivity contribution in [2.24, 2.45) is 0 Å². The van der Waals surface area contributed by atoms with Gasteiger partial charge in [0.15, 0.2) is 5.56 Å². The second kappa shape index (κ2) is 6.14. The van der Waals surface area contributed by atoms with Crippen LogP contribution in [0, 0.1) is 11.3 Å². The van der Waals surface area contributed by atoms with Gasteiger partial charge in [0.2, 0.25) is 0 Å². The van der Waals surface area contributed by atoms with Crippen LogP contribution in [0.25, 0.3) is 11.1 Å². The lowest BCUT2D eigenvalue weighted by Crippen LogP contribution is -2.06. The van der Waals surface area contributed by atoms with Gasteiger partial charge in [0.1, 0.15) is 11.1 Å². The molecule has 3 aromatic rings. The summed E-state index contributed by atoms with van der Waals surface area (Å²) in [5.41, 5.74) is -0.329. The summed E-state index contributed by atoms with van der Waals surface area (Å²) in [5, 5.41) is 15.4. The number of thiophene rings is 1. The molecule has 0 aliphatic rings. The fourth-order valence-corrected chi connectivity index (χ4v) is 3.45. The van der Waals surface area contributed by atoms with Crippen LogP contribution in [-0.2, 0) is 6.18 Å². The molecule has 0 unspecified atom stereocenters. The van der Waals surface area contributed by atoms with E-state index < -0.39 is 17.3 Å². The molecule has 0 spiro atoms. The van der Waals surface area contributed by atoms with E-state index >= 15 is 0 Å². The Labute approximate surface area is 142 Å². The smallest absolute Gasteiger partial charge is 0.345 e. The van der Waals surface area contributed by atoms with Crippen molar-refractivity contribution in [2.45, 2.75) is 6.18 Å². The van der Waals surface area contributed by atoms with Crippen LogP contribution in [0.15, 0.2) is 39.8 Å². The van der Waals surface area contributed by atoms with Crippen LogP contribution in [0.1, 0.15) is 11.1 Å². The van der Waals surface area contributed by atoms with E-state index in [-0.39, 0.29) is 16.3 Å². The van der Waals surface area contributed by atoms with Gasteiger partial charge in [0.25, 0.3) is 5.56 Å². The lowest BCUT2D eigenvalue weighted by atomic mass is 10.0. The number of nitrogens with zero attached hydrogens (tertiary/aromatic N) is 1. The van der Waals surface area contributed by atoms with Gasteiger partial charge in [-0.3, -0.25) is 9.17 Å². The Morgan fingerprint density at radius 3 is 2.62 bits per heavy atom. The Bertz CT molecular complexity index is 965. The van der Waals surface area contributed by atoms with Gasteiger partial charge >= 0.3 is 6.18 Å². The number of nitriles is 1. The van der Waals surface area contributed by atoms with Crippen LogP contribution in [0.4, 0.5) is 23.9 Å². The number of H-pyrrole nitrogens is 1. The molecule has 4 nitrogen and oxygen atoms in total. The summed E-state index contributed by atoms with van der Waals surface area (Å²) in [6.07, 6.45) is -4.51. The molecule has 24 heavy (non-hydrogen) atoms. The van der Waals surface area contributed by atoms with Crippen molar-refractivity contribution in [2.75, 3.05) is 5.32 Å². The average Bonchev–Trinajstić information content (AvgIpc) is 3.16. The normalized spacial score (nSPS) is 11.2. The zero-order valence-corrected chi connectivity index (χ0v) is 13.4. The van der Waals surface area contributed by atoms with E-state index in [4.69, 9.17) is 5.26 Å². The molecule has 0 bridgehead atoms. The standard InChI is InChI=1S/C15H8F3N3OS2/c16-15(17,18)10-3-9(8-1-2-23-7-8)4-11(5-10)20-14-12(6-19)13(22)21-24-14/h1-5,7,20H,(H,21,22).